The summed E-state index contributed by atoms with van der Waals surface area (Å²) in [6.07, 6.45) is 9.23. The quantitative estimate of drug-likeness (QED) is 0.460. The van der Waals surface area contributed by atoms with Crippen LogP contribution in [0.5, 0.6) is 5.88 Å². The molecule has 4 fully saturated rings. The van der Waals surface area contributed by atoms with Crippen molar-refractivity contribution in [2.75, 3.05) is 13.7 Å². The maximum absolute atomic E-state index is 13.2. The van der Waals surface area contributed by atoms with Crippen LogP contribution in [0.4, 0.5) is 0 Å². The Labute approximate surface area is 183 Å². The molecule has 1 amide bonds. The van der Waals surface area contributed by atoms with Crippen molar-refractivity contribution in [1.82, 2.24) is 15.1 Å². The van der Waals surface area contributed by atoms with E-state index in [2.05, 4.69) is 10.4 Å². The molecule has 0 unspecified atom stereocenters. The highest BCUT2D eigenvalue weighted by molar-refractivity contribution is 5.96. The van der Waals surface area contributed by atoms with Crippen molar-refractivity contribution in [3.63, 3.8) is 0 Å². The number of nitrogens with zero attached hydrogens (tertiary/aromatic N) is 2. The lowest BCUT2D eigenvalue weighted by atomic mass is 9.54. The number of hydrogen-bond acceptors (Lipinski definition) is 5. The highest BCUT2D eigenvalue weighted by Gasteiger charge is 2.48. The molecule has 4 aliphatic carbocycles. The van der Waals surface area contributed by atoms with Crippen LogP contribution < -0.4 is 10.1 Å². The minimum Gasteiger partial charge on any atom is -0.490 e. The summed E-state index contributed by atoms with van der Waals surface area (Å²) in [5.41, 5.74) is 0.400. The Bertz CT molecular complexity index is 831. The van der Waals surface area contributed by atoms with Crippen molar-refractivity contribution in [3.05, 3.63) is 23.6 Å². The van der Waals surface area contributed by atoms with E-state index in [1.165, 1.54) is 56.2 Å². The summed E-state index contributed by atoms with van der Waals surface area (Å²) < 4.78 is 12.3. The van der Waals surface area contributed by atoms with Crippen molar-refractivity contribution in [3.8, 4) is 5.88 Å². The molecule has 0 aliphatic heterocycles. The van der Waals surface area contributed by atoms with Gasteiger partial charge in [0.2, 0.25) is 11.6 Å². The number of nitrogens with one attached hydrogen (secondary N) is 1. The van der Waals surface area contributed by atoms with E-state index >= 15 is 0 Å². The van der Waals surface area contributed by atoms with Gasteiger partial charge in [-0.05, 0) is 67.8 Å². The molecule has 5 rings (SSSR count). The molecule has 8 heteroatoms. The molecule has 31 heavy (non-hydrogen) atoms. The molecule has 1 aromatic rings. The predicted molar refractivity (Wildman–Crippen MR) is 114 cm³/mol. The highest BCUT2D eigenvalue weighted by atomic mass is 16.5. The van der Waals surface area contributed by atoms with Crippen LogP contribution in [0.1, 0.15) is 56.3 Å². The second-order valence-electron chi connectivity index (χ2n) is 9.76. The van der Waals surface area contributed by atoms with Crippen molar-refractivity contribution in [2.24, 2.45) is 29.6 Å². The molecule has 0 spiro atoms. The molecule has 4 bridgehead atoms. The molecule has 4 aliphatic rings. The van der Waals surface area contributed by atoms with E-state index < -0.39 is 5.97 Å². The van der Waals surface area contributed by atoms with Gasteiger partial charge in [0.1, 0.15) is 5.56 Å². The molecule has 0 aromatic carbocycles. The van der Waals surface area contributed by atoms with Crippen LogP contribution in [0, 0.1) is 29.6 Å². The first kappa shape index (κ1) is 21.7. The van der Waals surface area contributed by atoms with Crippen molar-refractivity contribution >= 4 is 11.9 Å². The Morgan fingerprint density at radius 2 is 1.87 bits per heavy atom. The number of carboxylic acids is 1. The monoisotopic (exact) mass is 431 g/mol. The Hall–Kier alpha value is -2.51. The zero-order chi connectivity index (χ0) is 22.1. The third-order valence-corrected chi connectivity index (χ3v) is 6.99. The van der Waals surface area contributed by atoms with Crippen LogP contribution in [0.15, 0.2) is 18.0 Å². The largest absolute Gasteiger partial charge is 0.490 e. The number of carbonyl (C=O) groups is 2. The number of aliphatic carboxylic acids is 1. The lowest BCUT2D eigenvalue weighted by Crippen LogP contribution is -2.55. The summed E-state index contributed by atoms with van der Waals surface area (Å²) in [6, 6.07) is 0.230. The van der Waals surface area contributed by atoms with Gasteiger partial charge in [-0.3, -0.25) is 4.79 Å². The predicted octanol–water partition coefficient (Wildman–Crippen LogP) is 3.09. The molecule has 4 saturated carbocycles. The molecule has 1 heterocycles. The van der Waals surface area contributed by atoms with Crippen LogP contribution in [-0.2, 0) is 16.1 Å². The first-order chi connectivity index (χ1) is 14.9. The van der Waals surface area contributed by atoms with Crippen molar-refractivity contribution < 1.29 is 24.2 Å². The fourth-order valence-corrected chi connectivity index (χ4v) is 5.88. The van der Waals surface area contributed by atoms with E-state index in [1.54, 1.807) is 0 Å². The van der Waals surface area contributed by atoms with Gasteiger partial charge < -0.3 is 19.9 Å². The zero-order valence-electron chi connectivity index (χ0n) is 18.5. The molecule has 0 atom stereocenters. The van der Waals surface area contributed by atoms with Crippen molar-refractivity contribution in [2.45, 2.75) is 58.5 Å². The molecule has 170 valence electrons. The highest BCUT2D eigenvalue weighted by Crippen LogP contribution is 2.53. The Morgan fingerprint density at radius 1 is 1.23 bits per heavy atom. The van der Waals surface area contributed by atoms with Gasteiger partial charge in [-0.2, -0.15) is 5.10 Å². The molecule has 0 saturated heterocycles. The third kappa shape index (κ3) is 4.57. The smallest absolute Gasteiger partial charge is 0.370 e. The van der Waals surface area contributed by atoms with Crippen LogP contribution in [0.25, 0.3) is 0 Å². The summed E-state index contributed by atoms with van der Waals surface area (Å²) in [4.78, 5) is 24.4. The molecule has 2 N–H and O–H groups in total. The van der Waals surface area contributed by atoms with Gasteiger partial charge >= 0.3 is 5.97 Å². The summed E-state index contributed by atoms with van der Waals surface area (Å²) >= 11 is 0. The molecular formula is C23H33N3O5. The molecule has 8 nitrogen and oxygen atoms in total. The van der Waals surface area contributed by atoms with E-state index in [0.29, 0.717) is 29.9 Å². The van der Waals surface area contributed by atoms with Gasteiger partial charge in [0.15, 0.2) is 0 Å². The second kappa shape index (κ2) is 8.93. The lowest BCUT2D eigenvalue weighted by molar-refractivity contribution is -0.136. The number of carboxylic acid groups (broad SMARTS) is 1. The van der Waals surface area contributed by atoms with Crippen molar-refractivity contribution in [1.29, 1.82) is 0 Å². The summed E-state index contributed by atoms with van der Waals surface area (Å²) in [5.74, 6) is 2.01. The zero-order valence-corrected chi connectivity index (χ0v) is 18.5. The van der Waals surface area contributed by atoms with Gasteiger partial charge in [-0.1, -0.05) is 13.8 Å². The average Bonchev–Trinajstić information content (AvgIpc) is 3.11. The van der Waals surface area contributed by atoms with Gasteiger partial charge in [0, 0.05) is 6.04 Å². The lowest BCUT2D eigenvalue weighted by Gasteiger charge is -2.54. The Balaban J connectivity index is 1.52. The number of ether oxygens (including phenoxy) is 2. The van der Waals surface area contributed by atoms with Crippen LogP contribution in [0.2, 0.25) is 0 Å². The van der Waals surface area contributed by atoms with Crippen LogP contribution >= 0.6 is 0 Å². The Morgan fingerprint density at radius 3 is 2.42 bits per heavy atom. The van der Waals surface area contributed by atoms with Crippen LogP contribution in [0.3, 0.4) is 0 Å². The summed E-state index contributed by atoms with van der Waals surface area (Å²) in [6.45, 7) is 4.63. The first-order valence-electron chi connectivity index (χ1n) is 11.3. The number of rotatable bonds is 9. The average molecular weight is 432 g/mol. The van der Waals surface area contributed by atoms with Gasteiger partial charge in [-0.25, -0.2) is 9.48 Å². The minimum atomic E-state index is -1.15. The van der Waals surface area contributed by atoms with E-state index in [4.69, 9.17) is 14.6 Å². The van der Waals surface area contributed by atoms with E-state index in [0.717, 1.165) is 11.8 Å². The minimum absolute atomic E-state index is 0.133. The van der Waals surface area contributed by atoms with Gasteiger partial charge in [0.05, 0.1) is 26.5 Å². The molecular weight excluding hydrogens is 398 g/mol. The summed E-state index contributed by atoms with van der Waals surface area (Å²) in [5, 5.41) is 16.8. The first-order valence-corrected chi connectivity index (χ1v) is 11.3. The van der Waals surface area contributed by atoms with E-state index in [1.807, 2.05) is 13.8 Å². The Kier molecular flexibility index (Phi) is 6.25. The standard InChI is InChI=1S/C23H33N3O5/c1-13(2)12-31-22-18(11-24-26(22)5-4-19(30-3)23(28)29)21(27)25-20-16-7-14-6-15(9-16)10-17(20)8-14/h4,11,13-17,20H,5-10,12H2,1-3H3,(H,25,27)(H,28,29)/b19-4-. The fourth-order valence-electron chi connectivity index (χ4n) is 5.88. The fraction of sp³-hybridized carbons (Fsp3) is 0.696. The third-order valence-electron chi connectivity index (χ3n) is 6.99. The normalized spacial score (nSPS) is 29.3. The topological polar surface area (TPSA) is 103 Å². The molecule has 1 aromatic heterocycles. The number of hydrogen-bond donors (Lipinski definition) is 2. The number of allylic oxidation sites excluding steroid dienone is 1. The van der Waals surface area contributed by atoms with Gasteiger partial charge in [-0.15, -0.1) is 0 Å². The number of methoxy groups -OCH3 is 1. The maximum atomic E-state index is 13.2. The van der Waals surface area contributed by atoms with Crippen LogP contribution in [-0.4, -0.2) is 46.5 Å². The maximum Gasteiger partial charge on any atom is 0.370 e. The van der Waals surface area contributed by atoms with E-state index in [-0.39, 0.29) is 30.2 Å². The summed E-state index contributed by atoms with van der Waals surface area (Å²) in [7, 11) is 1.31. The number of carbonyl (C=O) groups excluding carboxylic acids is 1. The van der Waals surface area contributed by atoms with E-state index in [9.17, 15) is 9.59 Å². The number of amides is 1. The SMILES string of the molecule is CO/C(=C\Cn1ncc(C(=O)NC2C3CC4CC(C3)CC2C4)c1OCC(C)C)C(=O)O. The second-order valence-corrected chi connectivity index (χ2v) is 9.76. The number of aromatic nitrogens is 2. The van der Waals surface area contributed by atoms with Gasteiger partial charge in [0.25, 0.3) is 5.91 Å². The molecule has 0 radical (unpaired) electrons.